The van der Waals surface area contributed by atoms with Crippen LogP contribution in [0.1, 0.15) is 19.4 Å². The van der Waals surface area contributed by atoms with E-state index >= 15 is 0 Å². The summed E-state index contributed by atoms with van der Waals surface area (Å²) >= 11 is 3.33. The largest absolute Gasteiger partial charge is 0.483 e. The number of carbonyl (C=O) groups is 2. The highest BCUT2D eigenvalue weighted by molar-refractivity contribution is 9.10. The molecule has 1 rings (SSSR count). The van der Waals surface area contributed by atoms with Crippen molar-refractivity contribution in [3.05, 3.63) is 28.2 Å². The molecule has 2 N–H and O–H groups in total. The molecule has 0 saturated carbocycles. The van der Waals surface area contributed by atoms with Crippen molar-refractivity contribution >= 4 is 27.8 Å². The predicted molar refractivity (Wildman–Crippen MR) is 74.2 cm³/mol. The Labute approximate surface area is 120 Å². The third-order valence-electron chi connectivity index (χ3n) is 2.43. The van der Waals surface area contributed by atoms with Gasteiger partial charge in [-0.25, -0.2) is 4.79 Å². The molecule has 6 heteroatoms. The molecule has 104 valence electrons. The lowest BCUT2D eigenvalue weighted by Crippen LogP contribution is -2.51. The quantitative estimate of drug-likeness (QED) is 0.867. The number of halogens is 1. The Balaban J connectivity index is 2.57. The van der Waals surface area contributed by atoms with E-state index in [1.807, 2.05) is 19.1 Å². The van der Waals surface area contributed by atoms with Crippen LogP contribution in [-0.4, -0.2) is 29.1 Å². The number of benzene rings is 1. The number of ether oxygens (including phenoxy) is 1. The molecule has 1 aromatic carbocycles. The maximum Gasteiger partial charge on any atom is 0.328 e. The van der Waals surface area contributed by atoms with Crippen molar-refractivity contribution in [2.75, 3.05) is 6.61 Å². The SMILES string of the molecule is Cc1ccc(OCC(=O)NC(C)(C)C(=O)O)c(Br)c1. The number of aryl methyl sites for hydroxylation is 1. The molecule has 0 aliphatic heterocycles. The lowest BCUT2D eigenvalue weighted by molar-refractivity contribution is -0.146. The number of nitrogens with one attached hydrogen (secondary N) is 1. The Morgan fingerprint density at radius 2 is 2.05 bits per heavy atom. The molecule has 0 fully saturated rings. The van der Waals surface area contributed by atoms with Gasteiger partial charge in [-0.15, -0.1) is 0 Å². The van der Waals surface area contributed by atoms with Crippen LogP contribution < -0.4 is 10.1 Å². The first-order valence-electron chi connectivity index (χ1n) is 5.66. The van der Waals surface area contributed by atoms with E-state index in [-0.39, 0.29) is 6.61 Å². The third kappa shape index (κ3) is 4.55. The highest BCUT2D eigenvalue weighted by Gasteiger charge is 2.28. The molecule has 0 atom stereocenters. The summed E-state index contributed by atoms with van der Waals surface area (Å²) in [6.07, 6.45) is 0. The molecule has 1 amide bonds. The van der Waals surface area contributed by atoms with Crippen LogP contribution >= 0.6 is 15.9 Å². The Morgan fingerprint density at radius 1 is 1.42 bits per heavy atom. The minimum Gasteiger partial charge on any atom is -0.483 e. The van der Waals surface area contributed by atoms with E-state index in [0.717, 1.165) is 10.0 Å². The van der Waals surface area contributed by atoms with Crippen molar-refractivity contribution in [2.45, 2.75) is 26.3 Å². The van der Waals surface area contributed by atoms with Crippen molar-refractivity contribution in [1.29, 1.82) is 0 Å². The summed E-state index contributed by atoms with van der Waals surface area (Å²) in [5.74, 6) is -1.05. The van der Waals surface area contributed by atoms with Gasteiger partial charge in [0.25, 0.3) is 5.91 Å². The number of rotatable bonds is 5. The molecule has 0 unspecified atom stereocenters. The second-order valence-electron chi connectivity index (χ2n) is 4.70. The van der Waals surface area contributed by atoms with Gasteiger partial charge in [0, 0.05) is 0 Å². The molecule has 0 heterocycles. The van der Waals surface area contributed by atoms with Crippen molar-refractivity contribution in [3.63, 3.8) is 0 Å². The Kier molecular flexibility index (Phi) is 4.94. The first kappa shape index (κ1) is 15.5. The van der Waals surface area contributed by atoms with Crippen molar-refractivity contribution in [1.82, 2.24) is 5.32 Å². The average molecular weight is 330 g/mol. The van der Waals surface area contributed by atoms with Gasteiger partial charge in [-0.3, -0.25) is 4.79 Å². The molecule has 0 radical (unpaired) electrons. The summed E-state index contributed by atoms with van der Waals surface area (Å²) in [7, 11) is 0. The molecule has 1 aromatic rings. The van der Waals surface area contributed by atoms with E-state index in [1.54, 1.807) is 6.07 Å². The Morgan fingerprint density at radius 3 is 2.58 bits per heavy atom. The first-order valence-corrected chi connectivity index (χ1v) is 6.45. The van der Waals surface area contributed by atoms with Crippen molar-refractivity contribution < 1.29 is 19.4 Å². The average Bonchev–Trinajstić information content (AvgIpc) is 2.27. The van der Waals surface area contributed by atoms with Gasteiger partial charge in [-0.05, 0) is 54.4 Å². The molecule has 19 heavy (non-hydrogen) atoms. The van der Waals surface area contributed by atoms with Gasteiger partial charge < -0.3 is 15.2 Å². The zero-order chi connectivity index (χ0) is 14.6. The summed E-state index contributed by atoms with van der Waals surface area (Å²) < 4.78 is 6.08. The second-order valence-corrected chi connectivity index (χ2v) is 5.56. The zero-order valence-electron chi connectivity index (χ0n) is 11.0. The first-order chi connectivity index (χ1) is 8.72. The number of carbonyl (C=O) groups excluding carboxylic acids is 1. The van der Waals surface area contributed by atoms with Gasteiger partial charge in [-0.2, -0.15) is 0 Å². The maximum atomic E-state index is 11.6. The number of amides is 1. The molecule has 0 bridgehead atoms. The smallest absolute Gasteiger partial charge is 0.328 e. The van der Waals surface area contributed by atoms with E-state index in [4.69, 9.17) is 9.84 Å². The van der Waals surface area contributed by atoms with E-state index < -0.39 is 17.4 Å². The van der Waals surface area contributed by atoms with Gasteiger partial charge in [0.15, 0.2) is 6.61 Å². The van der Waals surface area contributed by atoms with Crippen LogP contribution in [0.25, 0.3) is 0 Å². The van der Waals surface area contributed by atoms with Gasteiger partial charge in [0.05, 0.1) is 4.47 Å². The number of hydrogen-bond acceptors (Lipinski definition) is 3. The molecule has 0 aliphatic carbocycles. The van der Waals surface area contributed by atoms with Crippen LogP contribution in [0.5, 0.6) is 5.75 Å². The van der Waals surface area contributed by atoms with Crippen molar-refractivity contribution in [2.24, 2.45) is 0 Å². The van der Waals surface area contributed by atoms with Crippen LogP contribution in [0.4, 0.5) is 0 Å². The molecule has 0 saturated heterocycles. The highest BCUT2D eigenvalue weighted by Crippen LogP contribution is 2.25. The van der Waals surface area contributed by atoms with Crippen LogP contribution in [-0.2, 0) is 9.59 Å². The summed E-state index contributed by atoms with van der Waals surface area (Å²) in [6, 6.07) is 5.47. The lowest BCUT2D eigenvalue weighted by atomic mass is 10.1. The fraction of sp³-hybridized carbons (Fsp3) is 0.385. The summed E-state index contributed by atoms with van der Waals surface area (Å²) in [5, 5.41) is 11.3. The molecule has 0 aromatic heterocycles. The van der Waals surface area contributed by atoms with E-state index in [0.29, 0.717) is 5.75 Å². The normalized spacial score (nSPS) is 10.9. The summed E-state index contributed by atoms with van der Waals surface area (Å²) in [6.45, 7) is 4.53. The van der Waals surface area contributed by atoms with Crippen LogP contribution in [0, 0.1) is 6.92 Å². The van der Waals surface area contributed by atoms with E-state index in [1.165, 1.54) is 13.8 Å². The Hall–Kier alpha value is -1.56. The minimum absolute atomic E-state index is 0.238. The standard InChI is InChI=1S/C13H16BrNO4/c1-8-4-5-10(9(14)6-8)19-7-11(16)15-13(2,3)12(17)18/h4-6H,7H2,1-3H3,(H,15,16)(H,17,18). The van der Waals surface area contributed by atoms with Gasteiger partial charge in [0.2, 0.25) is 0 Å². The molecular weight excluding hydrogens is 314 g/mol. The maximum absolute atomic E-state index is 11.6. The summed E-state index contributed by atoms with van der Waals surface area (Å²) in [5.41, 5.74) is -0.249. The lowest BCUT2D eigenvalue weighted by Gasteiger charge is -2.21. The van der Waals surface area contributed by atoms with Gasteiger partial charge in [0.1, 0.15) is 11.3 Å². The van der Waals surface area contributed by atoms with Crippen molar-refractivity contribution in [3.8, 4) is 5.75 Å². The number of carboxylic acids is 1. The molecule has 0 spiro atoms. The number of hydrogen-bond donors (Lipinski definition) is 2. The van der Waals surface area contributed by atoms with E-state index in [2.05, 4.69) is 21.2 Å². The summed E-state index contributed by atoms with van der Waals surface area (Å²) in [4.78, 5) is 22.5. The molecule has 0 aliphatic rings. The van der Waals surface area contributed by atoms with Crippen LogP contribution in [0.3, 0.4) is 0 Å². The van der Waals surface area contributed by atoms with E-state index in [9.17, 15) is 9.59 Å². The number of aliphatic carboxylic acids is 1. The molecular formula is C13H16BrNO4. The topological polar surface area (TPSA) is 75.6 Å². The highest BCUT2D eigenvalue weighted by atomic mass is 79.9. The third-order valence-corrected chi connectivity index (χ3v) is 3.05. The fourth-order valence-corrected chi connectivity index (χ4v) is 1.91. The monoisotopic (exact) mass is 329 g/mol. The van der Waals surface area contributed by atoms with Gasteiger partial charge in [-0.1, -0.05) is 6.07 Å². The fourth-order valence-electron chi connectivity index (χ4n) is 1.30. The van der Waals surface area contributed by atoms with Crippen LogP contribution in [0.15, 0.2) is 22.7 Å². The second kappa shape index (κ2) is 6.06. The number of carboxylic acid groups (broad SMARTS) is 1. The zero-order valence-corrected chi connectivity index (χ0v) is 12.6. The molecule has 5 nitrogen and oxygen atoms in total. The van der Waals surface area contributed by atoms with Crippen LogP contribution in [0.2, 0.25) is 0 Å². The van der Waals surface area contributed by atoms with Gasteiger partial charge >= 0.3 is 5.97 Å². The predicted octanol–water partition coefficient (Wildman–Crippen LogP) is 2.12. The minimum atomic E-state index is -1.31. The Bertz CT molecular complexity index is 499.